The minimum atomic E-state index is -1.09. The minimum Gasteiger partial charge on any atom is -0.503 e. The molecule has 5 aromatic rings. The van der Waals surface area contributed by atoms with E-state index in [9.17, 15) is 24.6 Å². The quantitative estimate of drug-likeness (QED) is 0.255. The van der Waals surface area contributed by atoms with Crippen molar-refractivity contribution in [1.29, 1.82) is 0 Å². The first-order valence-corrected chi connectivity index (χ1v) is 12.5. The molecule has 2 aromatic carbocycles. The normalized spacial score (nSPS) is 15.8. The average molecular weight is 576 g/mol. The topological polar surface area (TPSA) is 134 Å². The van der Waals surface area contributed by atoms with Crippen LogP contribution in [0.5, 0.6) is 0 Å². The number of aromatic nitrogens is 2. The van der Waals surface area contributed by atoms with E-state index in [2.05, 4.69) is 25.9 Å². The van der Waals surface area contributed by atoms with Gasteiger partial charge in [-0.3, -0.25) is 19.5 Å². The molecule has 1 aliphatic rings. The Labute approximate surface area is 220 Å². The number of amides is 1. The van der Waals surface area contributed by atoms with Gasteiger partial charge in [0.1, 0.15) is 5.58 Å². The van der Waals surface area contributed by atoms with Gasteiger partial charge in [0.2, 0.25) is 5.78 Å². The summed E-state index contributed by atoms with van der Waals surface area (Å²) in [5.41, 5.74) is 1.35. The third-order valence-electron chi connectivity index (χ3n) is 5.99. The molecule has 1 unspecified atom stereocenters. The number of halogens is 1. The molecule has 3 aromatic heterocycles. The van der Waals surface area contributed by atoms with Crippen molar-refractivity contribution in [3.63, 3.8) is 0 Å². The van der Waals surface area contributed by atoms with Crippen molar-refractivity contribution in [2.75, 3.05) is 4.90 Å². The molecule has 0 bridgehead atoms. The van der Waals surface area contributed by atoms with Crippen LogP contribution in [0.2, 0.25) is 0 Å². The van der Waals surface area contributed by atoms with E-state index >= 15 is 0 Å². The van der Waals surface area contributed by atoms with Crippen LogP contribution in [-0.4, -0.2) is 37.8 Å². The molecule has 2 N–H and O–H groups in total. The maximum absolute atomic E-state index is 13.7. The Morgan fingerprint density at radius 1 is 1.11 bits per heavy atom. The molecule has 9 nitrogen and oxygen atoms in total. The summed E-state index contributed by atoms with van der Waals surface area (Å²) in [5.74, 6) is -3.30. The van der Waals surface area contributed by atoms with Crippen LogP contribution in [0.1, 0.15) is 32.5 Å². The number of ketones is 1. The van der Waals surface area contributed by atoms with Crippen LogP contribution in [0.15, 0.2) is 87.2 Å². The second kappa shape index (κ2) is 8.64. The fourth-order valence-corrected chi connectivity index (χ4v) is 5.71. The number of benzene rings is 2. The van der Waals surface area contributed by atoms with Crippen molar-refractivity contribution in [2.24, 2.45) is 0 Å². The zero-order valence-electron chi connectivity index (χ0n) is 18.6. The summed E-state index contributed by atoms with van der Waals surface area (Å²) in [6, 6.07) is 13.6. The Morgan fingerprint density at radius 2 is 1.95 bits per heavy atom. The highest BCUT2D eigenvalue weighted by molar-refractivity contribution is 9.10. The predicted octanol–water partition coefficient (Wildman–Crippen LogP) is 5.68. The monoisotopic (exact) mass is 575 g/mol. The maximum Gasteiger partial charge on any atom is 0.335 e. The van der Waals surface area contributed by atoms with Crippen molar-refractivity contribution >= 4 is 71.2 Å². The zero-order chi connectivity index (χ0) is 25.8. The Kier molecular flexibility index (Phi) is 5.39. The lowest BCUT2D eigenvalue weighted by atomic mass is 9.96. The largest absolute Gasteiger partial charge is 0.503 e. The first-order chi connectivity index (χ1) is 17.8. The molecule has 0 aliphatic carbocycles. The van der Waals surface area contributed by atoms with Crippen LogP contribution in [-0.2, 0) is 4.79 Å². The lowest BCUT2D eigenvalue weighted by Crippen LogP contribution is -2.31. The number of aliphatic hydroxyl groups excluding tert-OH is 1. The number of pyridine rings is 1. The van der Waals surface area contributed by atoms with Crippen LogP contribution in [0.25, 0.3) is 21.2 Å². The number of rotatable bonds is 5. The SMILES string of the molecule is O=C(O)c1ccc2nc(N3C(=O)C(O)=C(C(=O)c4cc5cc(Br)ccc5o4)C3c3cccnc3)sc2c1. The molecule has 1 atom stereocenters. The smallest absolute Gasteiger partial charge is 0.335 e. The first-order valence-electron chi connectivity index (χ1n) is 10.9. The summed E-state index contributed by atoms with van der Waals surface area (Å²) in [6.07, 6.45) is 3.06. The van der Waals surface area contributed by atoms with Gasteiger partial charge in [-0.25, -0.2) is 9.78 Å². The number of furan rings is 1. The third kappa shape index (κ3) is 3.79. The predicted molar refractivity (Wildman–Crippen MR) is 139 cm³/mol. The van der Waals surface area contributed by atoms with Crippen molar-refractivity contribution in [1.82, 2.24) is 9.97 Å². The van der Waals surface area contributed by atoms with E-state index in [1.54, 1.807) is 48.7 Å². The summed E-state index contributed by atoms with van der Waals surface area (Å²) >= 11 is 4.47. The van der Waals surface area contributed by atoms with E-state index in [-0.39, 0.29) is 22.0 Å². The molecule has 11 heteroatoms. The van der Waals surface area contributed by atoms with Gasteiger partial charge in [-0.2, -0.15) is 0 Å². The zero-order valence-corrected chi connectivity index (χ0v) is 21.0. The number of nitrogens with zero attached hydrogens (tertiary/aromatic N) is 3. The number of carbonyl (C=O) groups is 3. The highest BCUT2D eigenvalue weighted by atomic mass is 79.9. The second-order valence-corrected chi connectivity index (χ2v) is 10.2. The highest BCUT2D eigenvalue weighted by Crippen LogP contribution is 2.44. The van der Waals surface area contributed by atoms with Gasteiger partial charge in [-0.1, -0.05) is 33.3 Å². The van der Waals surface area contributed by atoms with Gasteiger partial charge in [-0.05, 0) is 54.1 Å². The summed E-state index contributed by atoms with van der Waals surface area (Å²) < 4.78 is 7.10. The first kappa shape index (κ1) is 23.1. The van der Waals surface area contributed by atoms with Gasteiger partial charge in [0, 0.05) is 22.3 Å². The van der Waals surface area contributed by atoms with Crippen LogP contribution in [0, 0.1) is 0 Å². The lowest BCUT2D eigenvalue weighted by molar-refractivity contribution is -0.117. The van der Waals surface area contributed by atoms with Gasteiger partial charge in [0.25, 0.3) is 5.91 Å². The lowest BCUT2D eigenvalue weighted by Gasteiger charge is -2.23. The van der Waals surface area contributed by atoms with Crippen LogP contribution < -0.4 is 4.90 Å². The Bertz CT molecular complexity index is 1790. The number of aliphatic hydroxyl groups is 1. The molecule has 6 rings (SSSR count). The standard InChI is InChI=1S/C26H14BrN3O6S/c27-15-4-6-17-14(8-15)9-18(36-17)22(31)20-21(13-2-1-7-28-11-13)30(24(33)23(20)32)26-29-16-5-3-12(25(34)35)10-19(16)37-26/h1-11,21,32H,(H,34,35). The van der Waals surface area contributed by atoms with Crippen molar-refractivity contribution < 1.29 is 29.0 Å². The van der Waals surface area contributed by atoms with Crippen LogP contribution >= 0.6 is 27.3 Å². The average Bonchev–Trinajstić information content (AvgIpc) is 3.57. The van der Waals surface area contributed by atoms with E-state index < -0.39 is 29.5 Å². The van der Waals surface area contributed by atoms with Gasteiger partial charge in [0.05, 0.1) is 27.4 Å². The molecule has 0 fully saturated rings. The molecule has 1 amide bonds. The maximum atomic E-state index is 13.7. The van der Waals surface area contributed by atoms with Crippen LogP contribution in [0.3, 0.4) is 0 Å². The molecule has 0 saturated heterocycles. The molecule has 37 heavy (non-hydrogen) atoms. The molecule has 0 saturated carbocycles. The van der Waals surface area contributed by atoms with E-state index in [1.807, 2.05) is 0 Å². The summed E-state index contributed by atoms with van der Waals surface area (Å²) in [6.45, 7) is 0. The Balaban J connectivity index is 1.49. The number of carbonyl (C=O) groups excluding carboxylic acids is 2. The number of hydrogen-bond acceptors (Lipinski definition) is 8. The second-order valence-electron chi connectivity index (χ2n) is 8.23. The number of fused-ring (bicyclic) bond motifs is 2. The number of aromatic carboxylic acids is 1. The number of carboxylic acid groups (broad SMARTS) is 1. The molecule has 1 aliphatic heterocycles. The minimum absolute atomic E-state index is 0.0337. The molecular formula is C26H14BrN3O6S. The third-order valence-corrected chi connectivity index (χ3v) is 7.50. The molecule has 0 spiro atoms. The number of hydrogen-bond donors (Lipinski definition) is 2. The fourth-order valence-electron chi connectivity index (χ4n) is 4.29. The number of anilines is 1. The number of thiazole rings is 1. The van der Waals surface area contributed by atoms with Gasteiger partial charge in [-0.15, -0.1) is 0 Å². The Hall–Kier alpha value is -4.35. The van der Waals surface area contributed by atoms with Gasteiger partial charge >= 0.3 is 5.97 Å². The highest BCUT2D eigenvalue weighted by Gasteiger charge is 2.46. The van der Waals surface area contributed by atoms with Gasteiger partial charge < -0.3 is 14.6 Å². The van der Waals surface area contributed by atoms with Gasteiger partial charge in [0.15, 0.2) is 16.7 Å². The van der Waals surface area contributed by atoms with Crippen LogP contribution in [0.4, 0.5) is 5.13 Å². The van der Waals surface area contributed by atoms with Crippen molar-refractivity contribution in [3.8, 4) is 0 Å². The Morgan fingerprint density at radius 3 is 2.70 bits per heavy atom. The summed E-state index contributed by atoms with van der Waals surface area (Å²) in [5, 5.41) is 21.2. The van der Waals surface area contributed by atoms with Crippen molar-refractivity contribution in [3.05, 3.63) is 99.7 Å². The molecule has 182 valence electrons. The van der Waals surface area contributed by atoms with E-state index in [0.29, 0.717) is 26.7 Å². The fraction of sp³-hybridized carbons (Fsp3) is 0.0385. The van der Waals surface area contributed by atoms with Crippen molar-refractivity contribution in [2.45, 2.75) is 6.04 Å². The number of Topliss-reactive ketones (excluding diaryl/α,β-unsaturated/α-hetero) is 1. The number of carboxylic acids is 1. The van der Waals surface area contributed by atoms with E-state index in [1.165, 1.54) is 23.2 Å². The summed E-state index contributed by atoms with van der Waals surface area (Å²) in [7, 11) is 0. The molecular weight excluding hydrogens is 562 g/mol. The molecule has 0 radical (unpaired) electrons. The van der Waals surface area contributed by atoms with E-state index in [0.717, 1.165) is 15.8 Å². The molecule has 4 heterocycles. The van der Waals surface area contributed by atoms with E-state index in [4.69, 9.17) is 4.42 Å². The summed E-state index contributed by atoms with van der Waals surface area (Å²) in [4.78, 5) is 48.3.